The van der Waals surface area contributed by atoms with E-state index in [1.807, 2.05) is 4.57 Å². The Labute approximate surface area is 206 Å². The van der Waals surface area contributed by atoms with Crippen LogP contribution in [-0.2, 0) is 24.2 Å². The first-order valence-corrected chi connectivity index (χ1v) is 11.6. The van der Waals surface area contributed by atoms with Crippen LogP contribution >= 0.6 is 0 Å². The highest BCUT2D eigenvalue weighted by Gasteiger charge is 2.33. The predicted octanol–water partition coefficient (Wildman–Crippen LogP) is 3.54. The molecule has 1 aromatic carbocycles. The van der Waals surface area contributed by atoms with E-state index in [1.54, 1.807) is 53.7 Å². The third-order valence-corrected chi connectivity index (χ3v) is 5.95. The molecule has 0 spiro atoms. The highest BCUT2D eigenvalue weighted by atomic mass is 19.1. The first-order chi connectivity index (χ1) is 17.5. The fraction of sp³-hybridized carbons (Fsp3) is 0.280. The lowest BCUT2D eigenvalue weighted by atomic mass is 10.1. The van der Waals surface area contributed by atoms with Crippen molar-refractivity contribution in [3.8, 4) is 11.1 Å². The van der Waals surface area contributed by atoms with E-state index in [0.717, 1.165) is 18.7 Å². The number of carbonyl (C=O) groups is 2. The first-order valence-electron chi connectivity index (χ1n) is 11.6. The van der Waals surface area contributed by atoms with Gasteiger partial charge in [0, 0.05) is 42.3 Å². The van der Waals surface area contributed by atoms with Crippen molar-refractivity contribution in [3.05, 3.63) is 78.7 Å². The Kier molecular flexibility index (Phi) is 6.52. The molecule has 1 saturated heterocycles. The number of pyridine rings is 1. The Balaban J connectivity index is 1.27. The minimum absolute atomic E-state index is 0.147. The van der Waals surface area contributed by atoms with Crippen LogP contribution in [0, 0.1) is 5.82 Å². The number of anilines is 1. The van der Waals surface area contributed by atoms with E-state index >= 15 is 4.39 Å². The van der Waals surface area contributed by atoms with Crippen LogP contribution in [0.2, 0.25) is 0 Å². The van der Waals surface area contributed by atoms with Gasteiger partial charge in [0.2, 0.25) is 5.78 Å². The van der Waals surface area contributed by atoms with Gasteiger partial charge in [-0.25, -0.2) is 18.9 Å². The fourth-order valence-corrected chi connectivity index (χ4v) is 4.16. The summed E-state index contributed by atoms with van der Waals surface area (Å²) in [5.74, 6) is 0.195. The number of aryl methyl sites for hydroxylation is 1. The second kappa shape index (κ2) is 10.1. The zero-order valence-corrected chi connectivity index (χ0v) is 19.6. The molecular weight excluding hydrogens is 465 g/mol. The fourth-order valence-electron chi connectivity index (χ4n) is 4.16. The number of carbonyl (C=O) groups excluding carboxylic acids is 2. The molecule has 36 heavy (non-hydrogen) atoms. The molecule has 4 aromatic rings. The molecule has 1 aliphatic heterocycles. The number of aromatic nitrogens is 6. The molecule has 1 fully saturated rings. The van der Waals surface area contributed by atoms with E-state index < -0.39 is 18.0 Å². The predicted molar refractivity (Wildman–Crippen MR) is 128 cm³/mol. The summed E-state index contributed by atoms with van der Waals surface area (Å²) < 4.78 is 23.8. The van der Waals surface area contributed by atoms with Crippen molar-refractivity contribution in [1.82, 2.24) is 29.5 Å². The van der Waals surface area contributed by atoms with E-state index in [1.165, 1.54) is 17.2 Å². The van der Waals surface area contributed by atoms with Gasteiger partial charge in [0.15, 0.2) is 0 Å². The zero-order chi connectivity index (χ0) is 25.1. The summed E-state index contributed by atoms with van der Waals surface area (Å²) in [6.45, 7) is 2.84. The Morgan fingerprint density at radius 1 is 1.17 bits per heavy atom. The van der Waals surface area contributed by atoms with Gasteiger partial charge in [0.25, 0.3) is 0 Å². The third-order valence-electron chi connectivity index (χ3n) is 5.95. The summed E-state index contributed by atoms with van der Waals surface area (Å²) in [5, 5.41) is 7.61. The number of amides is 1. The minimum atomic E-state index is -0.545. The quantitative estimate of drug-likeness (QED) is 0.331. The van der Waals surface area contributed by atoms with Gasteiger partial charge in [0.1, 0.15) is 23.4 Å². The lowest BCUT2D eigenvalue weighted by Crippen LogP contribution is -2.26. The number of cyclic esters (lactones) is 1. The number of Topliss-reactive ketones (excluding diaryl/α,β-unsaturated/α-hetero) is 1. The highest BCUT2D eigenvalue weighted by molar-refractivity contribution is 5.94. The van der Waals surface area contributed by atoms with Gasteiger partial charge in [-0.1, -0.05) is 18.2 Å². The van der Waals surface area contributed by atoms with Gasteiger partial charge in [-0.05, 0) is 30.7 Å². The summed E-state index contributed by atoms with van der Waals surface area (Å²) in [6.07, 6.45) is 8.92. The molecule has 184 valence electrons. The summed E-state index contributed by atoms with van der Waals surface area (Å²) >= 11 is 0. The van der Waals surface area contributed by atoms with Crippen molar-refractivity contribution in [2.75, 3.05) is 11.4 Å². The SMILES string of the molecule is CCCc1nccn1CC(=O)c1ccc(-c2ccc(N3C[C@H](Cn4ccnn4)OC3=O)cc2F)cn1. The molecule has 1 atom stereocenters. The van der Waals surface area contributed by atoms with Crippen LogP contribution in [0.1, 0.15) is 29.7 Å². The van der Waals surface area contributed by atoms with Crippen molar-refractivity contribution in [1.29, 1.82) is 0 Å². The number of hydrogen-bond donors (Lipinski definition) is 0. The Bertz CT molecular complexity index is 1370. The molecule has 0 aliphatic carbocycles. The molecule has 11 heteroatoms. The van der Waals surface area contributed by atoms with Crippen LogP contribution in [0.5, 0.6) is 0 Å². The maximum Gasteiger partial charge on any atom is 0.414 e. The van der Waals surface area contributed by atoms with Gasteiger partial charge in [-0.15, -0.1) is 5.10 Å². The summed E-state index contributed by atoms with van der Waals surface area (Å²) in [6, 6.07) is 7.79. The largest absolute Gasteiger partial charge is 0.442 e. The monoisotopic (exact) mass is 489 g/mol. The summed E-state index contributed by atoms with van der Waals surface area (Å²) in [5.41, 5.74) is 1.53. The topological polar surface area (TPSA) is 108 Å². The molecule has 0 bridgehead atoms. The molecule has 0 N–H and O–H groups in total. The van der Waals surface area contributed by atoms with Crippen molar-refractivity contribution in [2.45, 2.75) is 39.0 Å². The molecule has 3 aromatic heterocycles. The Hall–Kier alpha value is -4.41. The van der Waals surface area contributed by atoms with Crippen molar-refractivity contribution in [2.24, 2.45) is 0 Å². The molecule has 1 aliphatic rings. The third kappa shape index (κ3) is 4.85. The molecule has 0 unspecified atom stereocenters. The maximum atomic E-state index is 15.0. The van der Waals surface area contributed by atoms with Crippen molar-refractivity contribution in [3.63, 3.8) is 0 Å². The molecule has 4 heterocycles. The molecule has 5 rings (SSSR count). The number of benzene rings is 1. The Morgan fingerprint density at radius 2 is 2.06 bits per heavy atom. The lowest BCUT2D eigenvalue weighted by Gasteiger charge is -2.14. The van der Waals surface area contributed by atoms with Gasteiger partial charge < -0.3 is 9.30 Å². The van der Waals surface area contributed by atoms with Crippen molar-refractivity contribution < 1.29 is 18.7 Å². The van der Waals surface area contributed by atoms with Crippen LogP contribution in [0.25, 0.3) is 11.1 Å². The second-order valence-electron chi connectivity index (χ2n) is 8.48. The number of hydrogen-bond acceptors (Lipinski definition) is 7. The normalized spacial score (nSPS) is 15.3. The van der Waals surface area contributed by atoms with E-state index in [9.17, 15) is 9.59 Å². The van der Waals surface area contributed by atoms with E-state index in [4.69, 9.17) is 4.74 Å². The minimum Gasteiger partial charge on any atom is -0.442 e. The average Bonchev–Trinajstić information content (AvgIpc) is 3.62. The highest BCUT2D eigenvalue weighted by Crippen LogP contribution is 2.29. The van der Waals surface area contributed by atoms with Gasteiger partial charge in [-0.3, -0.25) is 14.7 Å². The summed E-state index contributed by atoms with van der Waals surface area (Å²) in [7, 11) is 0. The molecule has 10 nitrogen and oxygen atoms in total. The molecule has 1 amide bonds. The van der Waals surface area contributed by atoms with Gasteiger partial charge in [0.05, 0.1) is 31.5 Å². The molecule has 0 saturated carbocycles. The van der Waals surface area contributed by atoms with Crippen LogP contribution in [-0.4, -0.2) is 54.1 Å². The number of halogens is 1. The number of imidazole rings is 1. The Morgan fingerprint density at radius 3 is 2.78 bits per heavy atom. The van der Waals surface area contributed by atoms with E-state index in [-0.39, 0.29) is 18.9 Å². The number of rotatable bonds is 9. The zero-order valence-electron chi connectivity index (χ0n) is 19.6. The number of ether oxygens (including phenoxy) is 1. The van der Waals surface area contributed by atoms with Crippen LogP contribution < -0.4 is 4.90 Å². The lowest BCUT2D eigenvalue weighted by molar-refractivity contribution is 0.0966. The number of nitrogens with zero attached hydrogens (tertiary/aromatic N) is 7. The van der Waals surface area contributed by atoms with Crippen LogP contribution in [0.4, 0.5) is 14.9 Å². The average molecular weight is 490 g/mol. The van der Waals surface area contributed by atoms with Crippen LogP contribution in [0.15, 0.2) is 61.3 Å². The smallest absolute Gasteiger partial charge is 0.414 e. The van der Waals surface area contributed by atoms with Crippen molar-refractivity contribution >= 4 is 17.6 Å². The molecule has 0 radical (unpaired) electrons. The van der Waals surface area contributed by atoms with E-state index in [0.29, 0.717) is 29.1 Å². The van der Waals surface area contributed by atoms with E-state index in [2.05, 4.69) is 27.2 Å². The molecular formula is C25H24FN7O3. The number of ketones is 1. The second-order valence-corrected chi connectivity index (χ2v) is 8.48. The maximum absolute atomic E-state index is 15.0. The summed E-state index contributed by atoms with van der Waals surface area (Å²) in [4.78, 5) is 35.0. The van der Waals surface area contributed by atoms with Gasteiger partial charge >= 0.3 is 6.09 Å². The van der Waals surface area contributed by atoms with Crippen LogP contribution in [0.3, 0.4) is 0 Å². The first kappa shape index (κ1) is 23.3. The standard InChI is InChI=1S/C25H24FN7O3/c1-2-3-24-27-8-10-31(24)16-23(34)22-7-4-17(13-28-22)20-6-5-18(12-21(20)26)33-15-19(36-25(33)35)14-32-11-9-29-30-32/h4-13,19H,2-3,14-16H2,1H3/t19-/m0/s1. The van der Waals surface area contributed by atoms with Gasteiger partial charge in [-0.2, -0.15) is 0 Å².